The topological polar surface area (TPSA) is 55.1 Å². The number of carbonyl (C=O) groups is 1. The van der Waals surface area contributed by atoms with Gasteiger partial charge in [0.25, 0.3) is 5.91 Å². The first-order chi connectivity index (χ1) is 9.60. The number of hydrogen-bond donors (Lipinski definition) is 2. The first-order valence-electron chi connectivity index (χ1n) is 5.64. The van der Waals surface area contributed by atoms with Gasteiger partial charge < -0.3 is 11.1 Å². The molecule has 1 aromatic carbocycles. The molecule has 3 nitrogen and oxygen atoms in total. The van der Waals surface area contributed by atoms with Crippen LogP contribution in [0.5, 0.6) is 0 Å². The van der Waals surface area contributed by atoms with E-state index in [1.54, 1.807) is 29.6 Å². The van der Waals surface area contributed by atoms with Crippen LogP contribution in [0.25, 0.3) is 0 Å². The van der Waals surface area contributed by atoms with Crippen LogP contribution in [0.4, 0.5) is 5.69 Å². The largest absolute Gasteiger partial charge is 0.322 e. The van der Waals surface area contributed by atoms with Crippen molar-refractivity contribution in [3.05, 3.63) is 50.1 Å². The molecule has 0 saturated carbocycles. The lowest BCUT2D eigenvalue weighted by atomic mass is 10.2. The lowest BCUT2D eigenvalue weighted by Gasteiger charge is -2.04. The van der Waals surface area contributed by atoms with Gasteiger partial charge >= 0.3 is 0 Å². The van der Waals surface area contributed by atoms with Gasteiger partial charge in [0.15, 0.2) is 0 Å². The van der Waals surface area contributed by atoms with Crippen molar-refractivity contribution in [1.82, 2.24) is 0 Å². The van der Waals surface area contributed by atoms with Gasteiger partial charge in [0.05, 0.1) is 27.0 Å². The predicted octanol–water partition coefficient (Wildman–Crippen LogP) is 3.62. The lowest BCUT2D eigenvalue weighted by molar-refractivity contribution is 0.102. The zero-order valence-electron chi connectivity index (χ0n) is 10.2. The highest BCUT2D eigenvalue weighted by Crippen LogP contribution is 2.25. The van der Waals surface area contributed by atoms with Crippen LogP contribution in [0.15, 0.2) is 29.6 Å². The Labute approximate surface area is 130 Å². The second kappa shape index (κ2) is 6.78. The molecule has 2 rings (SSSR count). The van der Waals surface area contributed by atoms with Crippen LogP contribution in [0.1, 0.15) is 15.2 Å². The van der Waals surface area contributed by atoms with E-state index in [2.05, 4.69) is 17.2 Å². The van der Waals surface area contributed by atoms with Gasteiger partial charge in [-0.3, -0.25) is 4.79 Å². The third kappa shape index (κ3) is 3.75. The van der Waals surface area contributed by atoms with Crippen molar-refractivity contribution in [2.24, 2.45) is 5.73 Å². The number of nitrogens with one attached hydrogen (secondary N) is 1. The molecule has 0 aliphatic carbocycles. The molecule has 0 saturated heterocycles. The Balaban J connectivity index is 2.11. The second-order valence-electron chi connectivity index (χ2n) is 3.79. The van der Waals surface area contributed by atoms with Crippen molar-refractivity contribution in [3.63, 3.8) is 0 Å². The molecule has 6 heteroatoms. The number of thiophene rings is 1. The molecule has 0 bridgehead atoms. The van der Waals surface area contributed by atoms with Crippen molar-refractivity contribution < 1.29 is 4.79 Å². The molecule has 0 unspecified atom stereocenters. The van der Waals surface area contributed by atoms with Gasteiger partial charge in [0, 0.05) is 11.1 Å². The van der Waals surface area contributed by atoms with Gasteiger partial charge in [0.2, 0.25) is 0 Å². The molecular formula is C14H10Cl2N2OS. The van der Waals surface area contributed by atoms with Crippen LogP contribution in [0.2, 0.25) is 10.0 Å². The number of halogens is 2. The van der Waals surface area contributed by atoms with E-state index in [9.17, 15) is 4.79 Å². The van der Waals surface area contributed by atoms with E-state index < -0.39 is 0 Å². The molecule has 1 amide bonds. The fraction of sp³-hybridized carbons (Fsp3) is 0.0714. The minimum atomic E-state index is -0.222. The minimum Gasteiger partial charge on any atom is -0.322 e. The number of nitrogens with two attached hydrogens (primary N) is 1. The summed E-state index contributed by atoms with van der Waals surface area (Å²) in [7, 11) is 0. The molecule has 102 valence electrons. The molecule has 0 atom stereocenters. The van der Waals surface area contributed by atoms with E-state index in [0.29, 0.717) is 27.8 Å². The Hall–Kier alpha value is -1.51. The van der Waals surface area contributed by atoms with Crippen molar-refractivity contribution in [2.45, 2.75) is 0 Å². The predicted molar refractivity (Wildman–Crippen MR) is 84.7 cm³/mol. The maximum Gasteiger partial charge on any atom is 0.256 e. The van der Waals surface area contributed by atoms with Crippen LogP contribution in [-0.4, -0.2) is 12.5 Å². The molecule has 1 aromatic heterocycles. The van der Waals surface area contributed by atoms with Crippen LogP contribution >= 0.6 is 34.5 Å². The van der Waals surface area contributed by atoms with Gasteiger partial charge in [-0.15, -0.1) is 11.3 Å². The van der Waals surface area contributed by atoms with E-state index in [1.807, 2.05) is 0 Å². The Morgan fingerprint density at radius 2 is 2.10 bits per heavy atom. The molecular weight excluding hydrogens is 315 g/mol. The number of hydrogen-bond acceptors (Lipinski definition) is 3. The smallest absolute Gasteiger partial charge is 0.256 e. The van der Waals surface area contributed by atoms with E-state index in [4.69, 9.17) is 28.9 Å². The average Bonchev–Trinajstić information content (AvgIpc) is 2.89. The number of amides is 1. The maximum atomic E-state index is 12.0. The zero-order chi connectivity index (χ0) is 14.5. The quantitative estimate of drug-likeness (QED) is 0.829. The first kappa shape index (κ1) is 14.9. The molecule has 20 heavy (non-hydrogen) atoms. The van der Waals surface area contributed by atoms with E-state index >= 15 is 0 Å². The number of rotatable bonds is 2. The summed E-state index contributed by atoms with van der Waals surface area (Å²) >= 11 is 13.1. The normalized spacial score (nSPS) is 9.75. The van der Waals surface area contributed by atoms with Crippen molar-refractivity contribution in [2.75, 3.05) is 11.9 Å². The maximum absolute atomic E-state index is 12.0. The number of carbonyl (C=O) groups excluding carboxylic acids is 1. The van der Waals surface area contributed by atoms with Gasteiger partial charge in [-0.1, -0.05) is 35.0 Å². The monoisotopic (exact) mass is 324 g/mol. The number of anilines is 1. The van der Waals surface area contributed by atoms with E-state index in [0.717, 1.165) is 4.88 Å². The van der Waals surface area contributed by atoms with Crippen molar-refractivity contribution in [1.29, 1.82) is 0 Å². The van der Waals surface area contributed by atoms with Crippen LogP contribution in [-0.2, 0) is 0 Å². The number of benzene rings is 1. The summed E-state index contributed by atoms with van der Waals surface area (Å²) < 4.78 is 0. The lowest BCUT2D eigenvalue weighted by Crippen LogP contribution is -2.10. The fourth-order valence-electron chi connectivity index (χ4n) is 1.44. The summed E-state index contributed by atoms with van der Waals surface area (Å²) in [6.45, 7) is 0.294. The van der Waals surface area contributed by atoms with E-state index in [-0.39, 0.29) is 5.91 Å². The van der Waals surface area contributed by atoms with Crippen LogP contribution in [0.3, 0.4) is 0 Å². The molecule has 0 radical (unpaired) electrons. The zero-order valence-corrected chi connectivity index (χ0v) is 12.6. The highest BCUT2D eigenvalue weighted by atomic mass is 35.5. The Bertz CT molecular complexity index is 701. The average molecular weight is 325 g/mol. The van der Waals surface area contributed by atoms with Crippen LogP contribution in [0, 0.1) is 11.8 Å². The summed E-state index contributed by atoms with van der Waals surface area (Å²) in [5.74, 6) is 5.41. The Morgan fingerprint density at radius 1 is 1.30 bits per heavy atom. The summed E-state index contributed by atoms with van der Waals surface area (Å²) in [5.41, 5.74) is 6.43. The summed E-state index contributed by atoms with van der Waals surface area (Å²) in [6.07, 6.45) is 0. The molecule has 1 heterocycles. The van der Waals surface area contributed by atoms with Crippen LogP contribution < -0.4 is 11.1 Å². The standard InChI is InChI=1S/C14H10Cl2N2OS/c15-12-4-3-10(7-13(12)16)18-14(19)9-6-11(20-8-9)2-1-5-17/h3-4,6-8H,5,17H2,(H,18,19). The highest BCUT2D eigenvalue weighted by molar-refractivity contribution is 7.10. The highest BCUT2D eigenvalue weighted by Gasteiger charge is 2.09. The molecule has 0 fully saturated rings. The summed E-state index contributed by atoms with van der Waals surface area (Å²) in [6, 6.07) is 6.64. The second-order valence-corrected chi connectivity index (χ2v) is 5.51. The summed E-state index contributed by atoms with van der Waals surface area (Å²) in [4.78, 5) is 12.8. The molecule has 3 N–H and O–H groups in total. The molecule has 0 spiro atoms. The van der Waals surface area contributed by atoms with Gasteiger partial charge in [-0.05, 0) is 24.3 Å². The SMILES string of the molecule is NCC#Cc1cc(C(=O)Nc2ccc(Cl)c(Cl)c2)cs1. The molecule has 2 aromatic rings. The third-order valence-electron chi connectivity index (χ3n) is 2.35. The fourth-order valence-corrected chi connectivity index (χ4v) is 2.49. The van der Waals surface area contributed by atoms with Crippen molar-refractivity contribution >= 4 is 46.1 Å². The minimum absolute atomic E-state index is 0.222. The molecule has 0 aliphatic rings. The van der Waals surface area contributed by atoms with Gasteiger partial charge in [-0.25, -0.2) is 0 Å². The summed E-state index contributed by atoms with van der Waals surface area (Å²) in [5, 5.41) is 5.33. The van der Waals surface area contributed by atoms with E-state index in [1.165, 1.54) is 11.3 Å². The Kier molecular flexibility index (Phi) is 5.05. The van der Waals surface area contributed by atoms with Gasteiger partial charge in [0.1, 0.15) is 0 Å². The van der Waals surface area contributed by atoms with Crippen molar-refractivity contribution in [3.8, 4) is 11.8 Å². The van der Waals surface area contributed by atoms with Gasteiger partial charge in [-0.2, -0.15) is 0 Å². The first-order valence-corrected chi connectivity index (χ1v) is 7.27. The Morgan fingerprint density at radius 3 is 2.80 bits per heavy atom. The third-order valence-corrected chi connectivity index (χ3v) is 3.94. The molecule has 0 aliphatic heterocycles.